The van der Waals surface area contributed by atoms with Crippen LogP contribution in [-0.4, -0.2) is 6.54 Å². The normalized spacial score (nSPS) is 22.4. The minimum Gasteiger partial charge on any atom is -0.310 e. The van der Waals surface area contributed by atoms with Crippen molar-refractivity contribution in [2.24, 2.45) is 5.92 Å². The van der Waals surface area contributed by atoms with Gasteiger partial charge in [0, 0.05) is 6.04 Å². The Hall–Kier alpha value is -0.820. The summed E-state index contributed by atoms with van der Waals surface area (Å²) in [7, 11) is 0. The first-order valence-corrected chi connectivity index (χ1v) is 8.71. The van der Waals surface area contributed by atoms with Crippen LogP contribution in [0.1, 0.15) is 81.4 Å². The van der Waals surface area contributed by atoms with E-state index in [9.17, 15) is 0 Å². The smallest absolute Gasteiger partial charge is 0.0348 e. The Balaban J connectivity index is 1.72. The molecular weight excluding hydrogens is 242 g/mol. The maximum atomic E-state index is 3.75. The average molecular weight is 271 g/mol. The minimum absolute atomic E-state index is 0.579. The van der Waals surface area contributed by atoms with Crippen LogP contribution in [-0.2, 0) is 0 Å². The molecule has 1 atom stereocenters. The predicted molar refractivity (Wildman–Crippen MR) is 86.0 cm³/mol. The van der Waals surface area contributed by atoms with E-state index in [1.54, 1.807) is 5.56 Å². The van der Waals surface area contributed by atoms with E-state index in [4.69, 9.17) is 0 Å². The van der Waals surface area contributed by atoms with Crippen LogP contribution in [0.25, 0.3) is 0 Å². The summed E-state index contributed by atoms with van der Waals surface area (Å²) in [4.78, 5) is 0. The molecule has 0 spiro atoms. The minimum atomic E-state index is 0.579. The topological polar surface area (TPSA) is 12.0 Å². The van der Waals surface area contributed by atoms with E-state index >= 15 is 0 Å². The number of hydrogen-bond donors (Lipinski definition) is 1. The van der Waals surface area contributed by atoms with Crippen LogP contribution in [0.5, 0.6) is 0 Å². The Morgan fingerprint density at radius 1 is 0.950 bits per heavy atom. The van der Waals surface area contributed by atoms with Crippen LogP contribution in [0.15, 0.2) is 24.3 Å². The van der Waals surface area contributed by atoms with Crippen LogP contribution in [0.4, 0.5) is 0 Å². The van der Waals surface area contributed by atoms with Gasteiger partial charge < -0.3 is 5.32 Å². The van der Waals surface area contributed by atoms with E-state index < -0.39 is 0 Å². The van der Waals surface area contributed by atoms with Gasteiger partial charge in [0.25, 0.3) is 0 Å². The number of rotatable bonds is 5. The van der Waals surface area contributed by atoms with Crippen LogP contribution >= 0.6 is 0 Å². The van der Waals surface area contributed by atoms with Gasteiger partial charge in [0.1, 0.15) is 0 Å². The number of nitrogens with one attached hydrogen (secondary N) is 1. The zero-order valence-corrected chi connectivity index (χ0v) is 12.9. The Bertz CT molecular complexity index is 398. The zero-order valence-electron chi connectivity index (χ0n) is 12.9. The summed E-state index contributed by atoms with van der Waals surface area (Å²) in [5.41, 5.74) is 3.08. The molecule has 1 unspecified atom stereocenters. The fourth-order valence-corrected chi connectivity index (χ4v) is 3.96. The second-order valence-corrected chi connectivity index (χ2v) is 6.73. The molecule has 0 saturated heterocycles. The van der Waals surface area contributed by atoms with Crippen molar-refractivity contribution in [3.8, 4) is 0 Å². The van der Waals surface area contributed by atoms with Crippen molar-refractivity contribution < 1.29 is 0 Å². The molecule has 0 radical (unpaired) electrons. The van der Waals surface area contributed by atoms with Crippen molar-refractivity contribution in [3.05, 3.63) is 35.4 Å². The van der Waals surface area contributed by atoms with Gasteiger partial charge in [0.05, 0.1) is 0 Å². The summed E-state index contributed by atoms with van der Waals surface area (Å²) in [6.45, 7) is 3.31. The third-order valence-electron chi connectivity index (χ3n) is 5.42. The Labute approximate surface area is 124 Å². The molecule has 2 saturated carbocycles. The molecule has 2 aliphatic carbocycles. The molecule has 1 aromatic rings. The van der Waals surface area contributed by atoms with Crippen LogP contribution in [0.2, 0.25) is 0 Å². The molecule has 3 rings (SSSR count). The average Bonchev–Trinajstić information content (AvgIpc) is 2.45. The summed E-state index contributed by atoms with van der Waals surface area (Å²) >= 11 is 0. The van der Waals surface area contributed by atoms with Crippen molar-refractivity contribution in [1.82, 2.24) is 5.32 Å². The highest BCUT2D eigenvalue weighted by Crippen LogP contribution is 2.38. The highest BCUT2D eigenvalue weighted by Gasteiger charge is 2.25. The maximum absolute atomic E-state index is 3.75. The van der Waals surface area contributed by atoms with Gasteiger partial charge >= 0.3 is 0 Å². The standard InChI is InChI=1S/C19H29N/c1-2-20-19(17-7-4-3-5-8-17)18-13-11-16(12-14-18)15-9-6-10-15/h11-15,17,19-20H,2-10H2,1H3. The summed E-state index contributed by atoms with van der Waals surface area (Å²) in [5, 5.41) is 3.75. The van der Waals surface area contributed by atoms with Crippen molar-refractivity contribution >= 4 is 0 Å². The van der Waals surface area contributed by atoms with Gasteiger partial charge in [-0.25, -0.2) is 0 Å². The highest BCUT2D eigenvalue weighted by molar-refractivity contribution is 5.29. The molecule has 0 aliphatic heterocycles. The SMILES string of the molecule is CCNC(c1ccc(C2CCC2)cc1)C1CCCCC1. The lowest BCUT2D eigenvalue weighted by atomic mass is 9.78. The second-order valence-electron chi connectivity index (χ2n) is 6.73. The molecule has 0 heterocycles. The first kappa shape index (κ1) is 14.1. The van der Waals surface area contributed by atoms with Crippen molar-refractivity contribution in [3.63, 3.8) is 0 Å². The lowest BCUT2D eigenvalue weighted by Crippen LogP contribution is -2.29. The van der Waals surface area contributed by atoms with Gasteiger partial charge in [0.15, 0.2) is 0 Å². The third-order valence-corrected chi connectivity index (χ3v) is 5.42. The molecule has 1 heteroatoms. The molecule has 0 aromatic heterocycles. The lowest BCUT2D eigenvalue weighted by Gasteiger charge is -2.32. The molecule has 1 N–H and O–H groups in total. The molecule has 0 amide bonds. The molecule has 20 heavy (non-hydrogen) atoms. The molecule has 0 bridgehead atoms. The van der Waals surface area contributed by atoms with Gasteiger partial charge in [-0.1, -0.05) is 56.9 Å². The predicted octanol–water partition coefficient (Wildman–Crippen LogP) is 5.19. The molecule has 2 fully saturated rings. The van der Waals surface area contributed by atoms with E-state index in [1.807, 2.05) is 0 Å². The van der Waals surface area contributed by atoms with Crippen LogP contribution < -0.4 is 5.32 Å². The van der Waals surface area contributed by atoms with Gasteiger partial charge in [-0.05, 0) is 55.2 Å². The third kappa shape index (κ3) is 3.09. The quantitative estimate of drug-likeness (QED) is 0.777. The van der Waals surface area contributed by atoms with Gasteiger partial charge in [-0.15, -0.1) is 0 Å². The first-order valence-electron chi connectivity index (χ1n) is 8.71. The zero-order chi connectivity index (χ0) is 13.8. The Kier molecular flexibility index (Phi) is 4.77. The molecule has 2 aliphatic rings. The summed E-state index contributed by atoms with van der Waals surface area (Å²) in [5.74, 6) is 1.70. The molecule has 1 aromatic carbocycles. The van der Waals surface area contributed by atoms with Gasteiger partial charge in [0.2, 0.25) is 0 Å². The summed E-state index contributed by atoms with van der Waals surface area (Å²) < 4.78 is 0. The Morgan fingerprint density at radius 3 is 2.20 bits per heavy atom. The largest absolute Gasteiger partial charge is 0.310 e. The molecule has 1 nitrogen and oxygen atoms in total. The summed E-state index contributed by atoms with van der Waals surface area (Å²) in [6.07, 6.45) is 11.3. The lowest BCUT2D eigenvalue weighted by molar-refractivity contribution is 0.274. The van der Waals surface area contributed by atoms with Crippen molar-refractivity contribution in [1.29, 1.82) is 0 Å². The molecular formula is C19H29N. The van der Waals surface area contributed by atoms with Gasteiger partial charge in [-0.3, -0.25) is 0 Å². The van der Waals surface area contributed by atoms with E-state index in [2.05, 4.69) is 36.5 Å². The maximum Gasteiger partial charge on any atom is 0.0348 e. The van der Waals surface area contributed by atoms with E-state index in [-0.39, 0.29) is 0 Å². The van der Waals surface area contributed by atoms with E-state index in [0.717, 1.165) is 18.4 Å². The van der Waals surface area contributed by atoms with Crippen LogP contribution in [0.3, 0.4) is 0 Å². The van der Waals surface area contributed by atoms with E-state index in [0.29, 0.717) is 6.04 Å². The number of benzene rings is 1. The van der Waals surface area contributed by atoms with Gasteiger partial charge in [-0.2, -0.15) is 0 Å². The van der Waals surface area contributed by atoms with Crippen molar-refractivity contribution in [2.45, 2.75) is 70.3 Å². The summed E-state index contributed by atoms with van der Waals surface area (Å²) in [6, 6.07) is 10.2. The molecule has 110 valence electrons. The highest BCUT2D eigenvalue weighted by atomic mass is 14.9. The first-order chi connectivity index (χ1) is 9.88. The fraction of sp³-hybridized carbons (Fsp3) is 0.684. The number of hydrogen-bond acceptors (Lipinski definition) is 1. The van der Waals surface area contributed by atoms with E-state index in [1.165, 1.54) is 56.9 Å². The monoisotopic (exact) mass is 271 g/mol. The second kappa shape index (κ2) is 6.76. The van der Waals surface area contributed by atoms with Crippen LogP contribution in [0, 0.1) is 5.92 Å². The van der Waals surface area contributed by atoms with Crippen molar-refractivity contribution in [2.75, 3.05) is 6.54 Å². The Morgan fingerprint density at radius 2 is 1.65 bits per heavy atom. The fourth-order valence-electron chi connectivity index (χ4n) is 3.96.